The van der Waals surface area contributed by atoms with Crippen LogP contribution in [-0.4, -0.2) is 48.6 Å². The highest BCUT2D eigenvalue weighted by atomic mass is 32.1. The summed E-state index contributed by atoms with van der Waals surface area (Å²) in [6, 6.07) is 10.1. The van der Waals surface area contributed by atoms with Crippen molar-refractivity contribution in [1.29, 1.82) is 0 Å². The summed E-state index contributed by atoms with van der Waals surface area (Å²) in [6.45, 7) is 4.33. The molecule has 1 aliphatic heterocycles. The van der Waals surface area contributed by atoms with Gasteiger partial charge in [-0.2, -0.15) is 11.3 Å². The van der Waals surface area contributed by atoms with Gasteiger partial charge >= 0.3 is 0 Å². The van der Waals surface area contributed by atoms with Gasteiger partial charge in [0, 0.05) is 29.9 Å². The topological polar surface area (TPSA) is 45.7 Å². The third-order valence-electron chi connectivity index (χ3n) is 4.62. The number of thiophene rings is 1. The fraction of sp³-hybridized carbons (Fsp3) is 0.300. The third-order valence-corrected chi connectivity index (χ3v) is 6.20. The van der Waals surface area contributed by atoms with Crippen LogP contribution < -0.4 is 9.64 Å². The number of hydrogen-bond acceptors (Lipinski definition) is 6. The van der Waals surface area contributed by atoms with Crippen molar-refractivity contribution in [3.63, 3.8) is 0 Å². The van der Waals surface area contributed by atoms with Crippen LogP contribution in [0.1, 0.15) is 17.4 Å². The molecule has 1 atom stereocenters. The maximum Gasteiger partial charge on any atom is 0.273 e. The molecule has 0 aliphatic carbocycles. The lowest BCUT2D eigenvalue weighted by Gasteiger charge is -2.37. The molecule has 0 radical (unpaired) electrons. The van der Waals surface area contributed by atoms with Gasteiger partial charge in [-0.25, -0.2) is 4.98 Å². The van der Waals surface area contributed by atoms with Crippen LogP contribution in [0.15, 0.2) is 46.5 Å². The number of nitrogens with zero attached hydrogens (tertiary/aromatic N) is 3. The zero-order valence-corrected chi connectivity index (χ0v) is 16.9. The zero-order valence-electron chi connectivity index (χ0n) is 15.3. The number of hydrogen-bond donors (Lipinski definition) is 0. The first-order valence-corrected chi connectivity index (χ1v) is 10.7. The van der Waals surface area contributed by atoms with Crippen molar-refractivity contribution >= 4 is 34.3 Å². The highest BCUT2D eigenvalue weighted by molar-refractivity contribution is 7.14. The molecule has 0 unspecified atom stereocenters. The monoisotopic (exact) mass is 399 g/mol. The van der Waals surface area contributed by atoms with E-state index in [1.165, 1.54) is 11.3 Å². The predicted octanol–water partition coefficient (Wildman–Crippen LogP) is 4.23. The van der Waals surface area contributed by atoms with E-state index in [2.05, 4.69) is 22.9 Å². The summed E-state index contributed by atoms with van der Waals surface area (Å²) >= 11 is 3.13. The first-order valence-electron chi connectivity index (χ1n) is 8.90. The van der Waals surface area contributed by atoms with Crippen molar-refractivity contribution in [2.45, 2.75) is 13.0 Å². The number of anilines is 1. The van der Waals surface area contributed by atoms with Gasteiger partial charge < -0.3 is 14.5 Å². The van der Waals surface area contributed by atoms with Crippen molar-refractivity contribution in [2.24, 2.45) is 0 Å². The Balaban J connectivity index is 1.45. The summed E-state index contributed by atoms with van der Waals surface area (Å²) < 4.78 is 6.13. The Morgan fingerprint density at radius 1 is 1.33 bits per heavy atom. The minimum Gasteiger partial charge on any atom is -0.485 e. The number of amides is 1. The van der Waals surface area contributed by atoms with E-state index in [1.54, 1.807) is 16.2 Å². The highest BCUT2D eigenvalue weighted by Crippen LogP contribution is 2.33. The van der Waals surface area contributed by atoms with Crippen LogP contribution in [0.25, 0.3) is 10.6 Å². The van der Waals surface area contributed by atoms with E-state index in [9.17, 15) is 4.79 Å². The van der Waals surface area contributed by atoms with Gasteiger partial charge in [0.25, 0.3) is 5.91 Å². The molecule has 0 spiro atoms. The molecule has 4 rings (SSSR count). The second-order valence-corrected chi connectivity index (χ2v) is 8.12. The lowest BCUT2D eigenvalue weighted by atomic mass is 10.2. The second kappa shape index (κ2) is 7.70. The number of fused-ring (bicyclic) bond motifs is 1. The Morgan fingerprint density at radius 2 is 2.19 bits per heavy atom. The van der Waals surface area contributed by atoms with Gasteiger partial charge in [-0.3, -0.25) is 4.79 Å². The smallest absolute Gasteiger partial charge is 0.273 e. The number of aromatic nitrogens is 1. The Hall–Kier alpha value is -2.38. The summed E-state index contributed by atoms with van der Waals surface area (Å²) in [5, 5.41) is 6.78. The van der Waals surface area contributed by atoms with Crippen molar-refractivity contribution in [3.8, 4) is 16.3 Å². The van der Waals surface area contributed by atoms with E-state index in [4.69, 9.17) is 4.74 Å². The predicted molar refractivity (Wildman–Crippen MR) is 111 cm³/mol. The number of ether oxygens (including phenoxy) is 1. The first-order chi connectivity index (χ1) is 13.2. The quantitative estimate of drug-likeness (QED) is 0.644. The first kappa shape index (κ1) is 18.0. The molecule has 0 saturated heterocycles. The number of para-hydroxylation sites is 2. The fourth-order valence-corrected chi connectivity index (χ4v) is 4.75. The average molecular weight is 400 g/mol. The van der Waals surface area contributed by atoms with Crippen LogP contribution in [0.5, 0.6) is 5.75 Å². The molecular formula is C20H21N3O2S2. The molecule has 3 aromatic rings. The number of likely N-dealkylation sites (N-methyl/N-ethyl adjacent to an activating group) is 2. The van der Waals surface area contributed by atoms with Crippen molar-refractivity contribution < 1.29 is 9.53 Å². The van der Waals surface area contributed by atoms with Crippen LogP contribution in [0.2, 0.25) is 0 Å². The summed E-state index contributed by atoms with van der Waals surface area (Å²) in [6.07, 6.45) is -0.0659. The van der Waals surface area contributed by atoms with E-state index < -0.39 is 0 Å². The van der Waals surface area contributed by atoms with Crippen molar-refractivity contribution in [1.82, 2.24) is 9.88 Å². The fourth-order valence-electron chi connectivity index (χ4n) is 3.25. The second-order valence-electron chi connectivity index (χ2n) is 6.48. The summed E-state index contributed by atoms with van der Waals surface area (Å²) in [4.78, 5) is 21.3. The molecule has 2 aromatic heterocycles. The van der Waals surface area contributed by atoms with Gasteiger partial charge in [0.1, 0.15) is 22.6 Å². The molecule has 3 heterocycles. The Morgan fingerprint density at radius 3 is 2.96 bits per heavy atom. The minimum atomic E-state index is -0.0711. The van der Waals surface area contributed by atoms with E-state index >= 15 is 0 Å². The van der Waals surface area contributed by atoms with Gasteiger partial charge in [-0.15, -0.1) is 11.3 Å². The summed E-state index contributed by atoms with van der Waals surface area (Å²) in [5.41, 5.74) is 2.68. The standard InChI is InChI=1S/C20H21N3O2S2/c1-3-23-11-15(25-18-7-5-4-6-17(18)23)10-22(2)20(24)16-13-27-19(21-16)14-8-9-26-12-14/h4-9,12-13,15H,3,10-11H2,1-2H3/t15-/m1/s1. The molecule has 7 heteroatoms. The molecule has 5 nitrogen and oxygen atoms in total. The maximum atomic E-state index is 12.8. The van der Waals surface area contributed by atoms with E-state index in [0.717, 1.165) is 35.1 Å². The SMILES string of the molecule is CCN1C[C@@H](CN(C)C(=O)c2csc(-c3ccsc3)n2)Oc2ccccc21. The number of carbonyl (C=O) groups is 1. The van der Waals surface area contributed by atoms with E-state index in [1.807, 2.05) is 47.5 Å². The van der Waals surface area contributed by atoms with Crippen molar-refractivity contribution in [3.05, 3.63) is 52.2 Å². The molecule has 0 N–H and O–H groups in total. The maximum absolute atomic E-state index is 12.8. The Labute approximate surface area is 166 Å². The number of benzene rings is 1. The van der Waals surface area contributed by atoms with Gasteiger partial charge in [-0.1, -0.05) is 12.1 Å². The van der Waals surface area contributed by atoms with Gasteiger partial charge in [0.2, 0.25) is 0 Å². The molecule has 1 aliphatic rings. The zero-order chi connectivity index (χ0) is 18.8. The lowest BCUT2D eigenvalue weighted by molar-refractivity contribution is 0.0705. The van der Waals surface area contributed by atoms with Crippen LogP contribution >= 0.6 is 22.7 Å². The largest absolute Gasteiger partial charge is 0.485 e. The number of carbonyl (C=O) groups excluding carboxylic acids is 1. The lowest BCUT2D eigenvalue weighted by Crippen LogP contribution is -2.46. The molecule has 1 amide bonds. The van der Waals surface area contributed by atoms with Crippen LogP contribution in [-0.2, 0) is 0 Å². The normalized spacial score (nSPS) is 15.9. The van der Waals surface area contributed by atoms with E-state index in [-0.39, 0.29) is 12.0 Å². The average Bonchev–Trinajstić information content (AvgIpc) is 3.38. The summed E-state index contributed by atoms with van der Waals surface area (Å²) in [5.74, 6) is 0.808. The minimum absolute atomic E-state index is 0.0659. The Kier molecular flexibility index (Phi) is 5.13. The molecule has 1 aromatic carbocycles. The van der Waals surface area contributed by atoms with E-state index in [0.29, 0.717) is 12.2 Å². The summed E-state index contributed by atoms with van der Waals surface area (Å²) in [7, 11) is 1.81. The van der Waals surface area contributed by atoms with Crippen molar-refractivity contribution in [2.75, 3.05) is 31.6 Å². The number of thiazole rings is 1. The molecule has 0 fully saturated rings. The van der Waals surface area contributed by atoms with Crippen LogP contribution in [0.4, 0.5) is 5.69 Å². The van der Waals surface area contributed by atoms with Gasteiger partial charge in [-0.05, 0) is 30.5 Å². The molecule has 0 bridgehead atoms. The third kappa shape index (κ3) is 3.70. The number of rotatable bonds is 5. The van der Waals surface area contributed by atoms with Crippen LogP contribution in [0, 0.1) is 0 Å². The molecule has 0 saturated carbocycles. The molecule has 27 heavy (non-hydrogen) atoms. The molecule has 140 valence electrons. The van der Waals surface area contributed by atoms with Gasteiger partial charge in [0.05, 0.1) is 18.8 Å². The van der Waals surface area contributed by atoms with Crippen LogP contribution in [0.3, 0.4) is 0 Å². The molecular weight excluding hydrogens is 378 g/mol. The Bertz CT molecular complexity index is 923. The van der Waals surface area contributed by atoms with Gasteiger partial charge in [0.15, 0.2) is 0 Å². The highest BCUT2D eigenvalue weighted by Gasteiger charge is 2.27.